The predicted octanol–water partition coefficient (Wildman–Crippen LogP) is 2.21. The Labute approximate surface area is 100 Å². The van der Waals surface area contributed by atoms with E-state index in [1.54, 1.807) is 13.2 Å². The van der Waals surface area contributed by atoms with Crippen LogP contribution in [0.2, 0.25) is 5.02 Å². The first-order chi connectivity index (χ1) is 7.72. The second kappa shape index (κ2) is 4.93. The molecular formula is C12H16ClNO2. The molecule has 3 nitrogen and oxygen atoms in total. The first-order valence-corrected chi connectivity index (χ1v) is 5.85. The van der Waals surface area contributed by atoms with Gasteiger partial charge in [0.1, 0.15) is 16.5 Å². The van der Waals surface area contributed by atoms with Crippen LogP contribution in [0.25, 0.3) is 0 Å². The van der Waals surface area contributed by atoms with Crippen LogP contribution >= 0.6 is 11.6 Å². The molecule has 1 heterocycles. The maximum absolute atomic E-state index is 9.49. The van der Waals surface area contributed by atoms with Gasteiger partial charge < -0.3 is 15.2 Å². The molecule has 1 aliphatic rings. The molecule has 0 aromatic heterocycles. The maximum atomic E-state index is 9.49. The lowest BCUT2D eigenvalue weighted by Crippen LogP contribution is -2.11. The number of halogens is 1. The molecule has 1 aromatic carbocycles. The standard InChI is InChI=1S/C12H16ClNO2/c1-16-12-9(2-3-10(15)11(12)13)6-8-4-5-14-7-8/h2-3,8,14-15H,4-7H2,1H3. The minimum atomic E-state index is 0.0758. The van der Waals surface area contributed by atoms with Crippen molar-refractivity contribution in [1.82, 2.24) is 5.32 Å². The van der Waals surface area contributed by atoms with Gasteiger partial charge in [-0.1, -0.05) is 17.7 Å². The van der Waals surface area contributed by atoms with Crippen LogP contribution in [0.1, 0.15) is 12.0 Å². The molecule has 0 spiro atoms. The van der Waals surface area contributed by atoms with E-state index < -0.39 is 0 Å². The summed E-state index contributed by atoms with van der Waals surface area (Å²) in [6.45, 7) is 2.13. The molecule has 4 heteroatoms. The highest BCUT2D eigenvalue weighted by atomic mass is 35.5. The van der Waals surface area contributed by atoms with Crippen molar-refractivity contribution in [3.05, 3.63) is 22.7 Å². The third-order valence-corrected chi connectivity index (χ3v) is 3.40. The van der Waals surface area contributed by atoms with Gasteiger partial charge >= 0.3 is 0 Å². The molecule has 1 aromatic rings. The highest BCUT2D eigenvalue weighted by Crippen LogP contribution is 2.37. The summed E-state index contributed by atoms with van der Waals surface area (Å²) >= 11 is 5.99. The van der Waals surface area contributed by atoms with Crippen LogP contribution in [0.5, 0.6) is 11.5 Å². The fraction of sp³-hybridized carbons (Fsp3) is 0.500. The van der Waals surface area contributed by atoms with E-state index in [4.69, 9.17) is 16.3 Å². The lowest BCUT2D eigenvalue weighted by atomic mass is 9.98. The summed E-state index contributed by atoms with van der Waals surface area (Å²) in [7, 11) is 1.58. The van der Waals surface area contributed by atoms with E-state index in [2.05, 4.69) is 5.32 Å². The van der Waals surface area contributed by atoms with Gasteiger partial charge in [-0.15, -0.1) is 0 Å². The molecule has 0 bridgehead atoms. The Kier molecular flexibility index (Phi) is 3.56. The first kappa shape index (κ1) is 11.6. The molecule has 2 N–H and O–H groups in total. The van der Waals surface area contributed by atoms with Crippen molar-refractivity contribution in [3.8, 4) is 11.5 Å². The van der Waals surface area contributed by atoms with Gasteiger partial charge in [0.25, 0.3) is 0 Å². The van der Waals surface area contributed by atoms with Gasteiger partial charge in [0.2, 0.25) is 0 Å². The zero-order valence-corrected chi connectivity index (χ0v) is 10.0. The third-order valence-electron chi connectivity index (χ3n) is 3.03. The Morgan fingerprint density at radius 2 is 2.38 bits per heavy atom. The van der Waals surface area contributed by atoms with Crippen molar-refractivity contribution in [2.75, 3.05) is 20.2 Å². The van der Waals surface area contributed by atoms with Crippen molar-refractivity contribution < 1.29 is 9.84 Å². The SMILES string of the molecule is COc1c(CC2CCNC2)ccc(O)c1Cl. The van der Waals surface area contributed by atoms with Gasteiger partial charge in [0.15, 0.2) is 0 Å². The Hall–Kier alpha value is -0.930. The van der Waals surface area contributed by atoms with Gasteiger partial charge in [-0.3, -0.25) is 0 Å². The van der Waals surface area contributed by atoms with E-state index in [0.717, 1.165) is 25.1 Å². The lowest BCUT2D eigenvalue weighted by molar-refractivity contribution is 0.399. The van der Waals surface area contributed by atoms with E-state index in [1.807, 2.05) is 6.07 Å². The number of aromatic hydroxyl groups is 1. The summed E-state index contributed by atoms with van der Waals surface area (Å²) in [5, 5.41) is 13.1. The lowest BCUT2D eigenvalue weighted by Gasteiger charge is -2.14. The molecule has 0 saturated carbocycles. The largest absolute Gasteiger partial charge is 0.506 e. The molecule has 1 saturated heterocycles. The highest BCUT2D eigenvalue weighted by Gasteiger charge is 2.19. The number of benzene rings is 1. The smallest absolute Gasteiger partial charge is 0.144 e. The average Bonchev–Trinajstić information content (AvgIpc) is 2.77. The summed E-state index contributed by atoms with van der Waals surface area (Å²) in [6.07, 6.45) is 2.12. The Bertz CT molecular complexity index is 376. The molecule has 2 rings (SSSR count). The van der Waals surface area contributed by atoms with Crippen LogP contribution in [0.3, 0.4) is 0 Å². The third kappa shape index (κ3) is 2.25. The molecule has 1 atom stereocenters. The minimum Gasteiger partial charge on any atom is -0.506 e. The van der Waals surface area contributed by atoms with Gasteiger partial charge in [0.05, 0.1) is 7.11 Å². The van der Waals surface area contributed by atoms with Crippen LogP contribution in [0.15, 0.2) is 12.1 Å². The van der Waals surface area contributed by atoms with Crippen molar-refractivity contribution in [2.45, 2.75) is 12.8 Å². The molecule has 16 heavy (non-hydrogen) atoms. The van der Waals surface area contributed by atoms with Crippen LogP contribution in [-0.2, 0) is 6.42 Å². The maximum Gasteiger partial charge on any atom is 0.144 e. The highest BCUT2D eigenvalue weighted by molar-refractivity contribution is 6.33. The number of ether oxygens (including phenoxy) is 1. The fourth-order valence-corrected chi connectivity index (χ4v) is 2.43. The Morgan fingerprint density at radius 1 is 1.56 bits per heavy atom. The van der Waals surface area contributed by atoms with E-state index in [-0.39, 0.29) is 5.75 Å². The van der Waals surface area contributed by atoms with Gasteiger partial charge in [-0.25, -0.2) is 0 Å². The number of nitrogens with one attached hydrogen (secondary N) is 1. The van der Waals surface area contributed by atoms with Crippen LogP contribution in [0, 0.1) is 5.92 Å². The summed E-state index contributed by atoms with van der Waals surface area (Å²) < 4.78 is 5.25. The van der Waals surface area contributed by atoms with E-state index in [9.17, 15) is 5.11 Å². The summed E-state index contributed by atoms with van der Waals surface area (Å²) in [5.41, 5.74) is 1.07. The Morgan fingerprint density at radius 3 is 3.00 bits per heavy atom. The molecule has 1 fully saturated rings. The second-order valence-electron chi connectivity index (χ2n) is 4.15. The predicted molar refractivity (Wildman–Crippen MR) is 64.3 cm³/mol. The number of methoxy groups -OCH3 is 1. The topological polar surface area (TPSA) is 41.5 Å². The number of hydrogen-bond acceptors (Lipinski definition) is 3. The van der Waals surface area contributed by atoms with E-state index >= 15 is 0 Å². The van der Waals surface area contributed by atoms with Crippen molar-refractivity contribution >= 4 is 11.6 Å². The number of phenols is 1. The summed E-state index contributed by atoms with van der Waals surface area (Å²) in [5.74, 6) is 1.31. The molecule has 1 aliphatic heterocycles. The molecule has 0 aliphatic carbocycles. The molecule has 0 amide bonds. The molecule has 1 unspecified atom stereocenters. The molecule has 0 radical (unpaired) electrons. The van der Waals surface area contributed by atoms with Crippen molar-refractivity contribution in [2.24, 2.45) is 5.92 Å². The van der Waals surface area contributed by atoms with Crippen molar-refractivity contribution in [3.63, 3.8) is 0 Å². The molecule has 88 valence electrons. The van der Waals surface area contributed by atoms with Gasteiger partial charge in [-0.2, -0.15) is 0 Å². The first-order valence-electron chi connectivity index (χ1n) is 5.47. The molecular weight excluding hydrogens is 226 g/mol. The zero-order valence-electron chi connectivity index (χ0n) is 9.29. The van der Waals surface area contributed by atoms with Gasteiger partial charge in [0, 0.05) is 0 Å². The number of hydrogen-bond donors (Lipinski definition) is 2. The van der Waals surface area contributed by atoms with Crippen molar-refractivity contribution in [1.29, 1.82) is 0 Å². The average molecular weight is 242 g/mol. The van der Waals surface area contributed by atoms with Crippen LogP contribution in [0.4, 0.5) is 0 Å². The van der Waals surface area contributed by atoms with Crippen LogP contribution in [-0.4, -0.2) is 25.3 Å². The normalized spacial score (nSPS) is 20.0. The number of rotatable bonds is 3. The fourth-order valence-electron chi connectivity index (χ4n) is 2.17. The zero-order chi connectivity index (χ0) is 11.5. The summed E-state index contributed by atoms with van der Waals surface area (Å²) in [4.78, 5) is 0. The number of phenolic OH excluding ortho intramolecular Hbond substituents is 1. The van der Waals surface area contributed by atoms with Gasteiger partial charge in [-0.05, 0) is 43.5 Å². The minimum absolute atomic E-state index is 0.0758. The summed E-state index contributed by atoms with van der Waals surface area (Å²) in [6, 6.07) is 3.51. The second-order valence-corrected chi connectivity index (χ2v) is 4.53. The monoisotopic (exact) mass is 241 g/mol. The quantitative estimate of drug-likeness (QED) is 0.853. The Balaban J connectivity index is 2.22. The van der Waals surface area contributed by atoms with E-state index in [0.29, 0.717) is 16.7 Å². The van der Waals surface area contributed by atoms with Crippen LogP contribution < -0.4 is 10.1 Å². The van der Waals surface area contributed by atoms with E-state index in [1.165, 1.54) is 6.42 Å².